The monoisotopic (exact) mass is 899 g/mol. The lowest BCUT2D eigenvalue weighted by Gasteiger charge is -2.44. The van der Waals surface area contributed by atoms with Gasteiger partial charge in [-0.2, -0.15) is 74.6 Å². The van der Waals surface area contributed by atoms with Gasteiger partial charge in [-0.1, -0.05) is 45.9 Å². The summed E-state index contributed by atoms with van der Waals surface area (Å²) in [6, 6.07) is 4.28. The Balaban J connectivity index is 3.19. The lowest BCUT2D eigenvalue weighted by molar-refractivity contribution is -0.461. The first-order valence-corrected chi connectivity index (χ1v) is 19.2. The van der Waals surface area contributed by atoms with Gasteiger partial charge in [-0.05, 0) is 54.6 Å². The van der Waals surface area contributed by atoms with E-state index in [1.807, 2.05) is 0 Å². The highest BCUT2D eigenvalue weighted by Gasteiger charge is 2.95. The number of aliphatic hydroxyl groups excluding tert-OH is 1. The first-order chi connectivity index (χ1) is 26.0. The van der Waals surface area contributed by atoms with Crippen LogP contribution in [0.15, 0.2) is 35.9 Å². The molecule has 0 unspecified atom stereocenters. The number of nitrogens with one attached hydrogen (secondary N) is 1. The molecule has 1 aromatic carbocycles. The number of halogens is 17. The summed E-state index contributed by atoms with van der Waals surface area (Å²) in [5.74, 6) is -57.3. The van der Waals surface area contributed by atoms with E-state index < -0.39 is 111 Å². The van der Waals surface area contributed by atoms with Crippen molar-refractivity contribution in [3.05, 3.63) is 41.5 Å². The average molecular weight is 900 g/mol. The Bertz CT molecular complexity index is 1510. The lowest BCUT2D eigenvalue weighted by Crippen LogP contribution is -2.74. The van der Waals surface area contributed by atoms with Crippen molar-refractivity contribution < 1.29 is 104 Å². The van der Waals surface area contributed by atoms with Crippen molar-refractivity contribution in [1.29, 1.82) is 0 Å². The van der Waals surface area contributed by atoms with E-state index in [2.05, 4.69) is 0 Å². The summed E-state index contributed by atoms with van der Waals surface area (Å²) >= 11 is 0. The van der Waals surface area contributed by atoms with E-state index in [0.717, 1.165) is 0 Å². The number of rotatable bonds is 23. The Hall–Kier alpha value is -2.90. The van der Waals surface area contributed by atoms with Crippen LogP contribution in [0.1, 0.15) is 65.5 Å². The van der Waals surface area contributed by atoms with Crippen molar-refractivity contribution in [3.63, 3.8) is 0 Å². The van der Waals surface area contributed by atoms with Crippen LogP contribution < -0.4 is 10.2 Å². The Morgan fingerprint density at radius 1 is 0.741 bits per heavy atom. The highest BCUT2D eigenvalue weighted by Crippen LogP contribution is 2.64. The molecule has 0 fully saturated rings. The van der Waals surface area contributed by atoms with Crippen molar-refractivity contribution in [2.75, 3.05) is 20.3 Å². The Kier molecular flexibility index (Phi) is 17.2. The molecule has 0 heterocycles. The number of hydroxylamine groups is 1. The number of hydrogen-bond acceptors (Lipinski definition) is 6. The van der Waals surface area contributed by atoms with Gasteiger partial charge in [-0.3, -0.25) is 10.0 Å². The number of carbonyl (C=O) groups is 1. The zero-order valence-electron chi connectivity index (χ0n) is 31.4. The molecule has 0 aliphatic rings. The second-order valence-corrected chi connectivity index (χ2v) is 18.8. The number of methoxy groups -OCH3 is 1. The summed E-state index contributed by atoms with van der Waals surface area (Å²) in [5.41, 5.74) is 0.273. The van der Waals surface area contributed by atoms with Gasteiger partial charge in [0, 0.05) is 19.1 Å². The maximum Gasteiger partial charge on any atom is 0.460 e. The summed E-state index contributed by atoms with van der Waals surface area (Å²) in [5, 5.41) is 19.4. The molecule has 1 amide bonds. The van der Waals surface area contributed by atoms with E-state index in [1.165, 1.54) is 77.6 Å². The molecule has 0 aromatic heterocycles. The molecule has 25 heteroatoms. The molecular weight excluding hydrogens is 857 g/mol. The minimum Gasteiger partial charge on any atom is -0.491 e. The largest absolute Gasteiger partial charge is 0.491 e. The summed E-state index contributed by atoms with van der Waals surface area (Å²) in [6.45, 7) is 5.80. The van der Waals surface area contributed by atoms with Gasteiger partial charge < -0.3 is 19.0 Å². The molecule has 1 rings (SSSR count). The van der Waals surface area contributed by atoms with Crippen LogP contribution in [0.3, 0.4) is 0 Å². The third kappa shape index (κ3) is 10.2. The highest BCUT2D eigenvalue weighted by molar-refractivity contribution is 6.76. The number of hydrogen-bond donors (Lipinski definition) is 3. The molecule has 7 nitrogen and oxygen atoms in total. The van der Waals surface area contributed by atoms with Crippen LogP contribution in [0, 0.1) is 0 Å². The van der Waals surface area contributed by atoms with Crippen molar-refractivity contribution in [2.45, 2.75) is 131 Å². The predicted molar refractivity (Wildman–Crippen MR) is 173 cm³/mol. The van der Waals surface area contributed by atoms with Crippen LogP contribution in [-0.4, -0.2) is 98.6 Å². The third-order valence-corrected chi connectivity index (χ3v) is 15.2. The van der Waals surface area contributed by atoms with E-state index in [1.54, 1.807) is 0 Å². The summed E-state index contributed by atoms with van der Waals surface area (Å²) in [6.07, 6.45) is -10.3. The van der Waals surface area contributed by atoms with E-state index >= 15 is 0 Å². The van der Waals surface area contributed by atoms with E-state index in [-0.39, 0.29) is 24.2 Å². The highest BCUT2D eigenvalue weighted by atomic mass is 28.4. The zero-order chi connectivity index (χ0) is 45.7. The van der Waals surface area contributed by atoms with Gasteiger partial charge in [-0.15, -0.1) is 0 Å². The molecule has 0 radical (unpaired) electrons. The number of aliphatic hydroxyl groups is 1. The number of carbonyl (C=O) groups excluding carboxylic acids is 1. The van der Waals surface area contributed by atoms with E-state index in [4.69, 9.17) is 19.1 Å². The van der Waals surface area contributed by atoms with Crippen molar-refractivity contribution >= 4 is 14.2 Å². The van der Waals surface area contributed by atoms with Gasteiger partial charge in [0.15, 0.2) is 8.32 Å². The predicted octanol–water partition coefficient (Wildman–Crippen LogP) is 10.5. The van der Waals surface area contributed by atoms with Crippen LogP contribution in [0.5, 0.6) is 5.75 Å². The number of allylic oxidation sites excluding steroid dienone is 1. The fourth-order valence-electron chi connectivity index (χ4n) is 5.77. The summed E-state index contributed by atoms with van der Waals surface area (Å²) < 4.78 is 251. The Morgan fingerprint density at radius 2 is 1.19 bits per heavy atom. The average Bonchev–Trinajstić information content (AvgIpc) is 3.11. The van der Waals surface area contributed by atoms with Crippen LogP contribution in [0.25, 0.3) is 0 Å². The van der Waals surface area contributed by atoms with Gasteiger partial charge >= 0.3 is 47.6 Å². The molecule has 0 spiro atoms. The maximum atomic E-state index is 14.9. The van der Waals surface area contributed by atoms with E-state index in [9.17, 15) is 84.5 Å². The molecule has 0 saturated carbocycles. The van der Waals surface area contributed by atoms with Gasteiger partial charge in [0.1, 0.15) is 18.5 Å². The van der Waals surface area contributed by atoms with Crippen LogP contribution in [-0.2, 0) is 14.0 Å². The molecule has 58 heavy (non-hydrogen) atoms. The van der Waals surface area contributed by atoms with Gasteiger partial charge in [0.2, 0.25) is 0 Å². The standard InChI is InChI=1S/C33H42F17NO6Si/c1-18(2)58(19(3)4,57-16-15-56-22-12-10-21(11-13-22)24(52)23(55-6)9-7-8-20(5)25(53)51-54)17-14-26(34,35)27(36,37)28(38,39)29(40,41)30(42,43)31(44,45)32(46,47)33(48,49)50/h8,10-13,18-19,23-24,52,54H,7,9,14-17H2,1-6H3,(H,51,53)/b20-8+/t23-,24-/m0/s1. The van der Waals surface area contributed by atoms with Crippen molar-refractivity contribution in [2.24, 2.45) is 0 Å². The molecule has 3 N–H and O–H groups in total. The molecule has 0 saturated heterocycles. The lowest BCUT2D eigenvalue weighted by atomic mass is 9.88. The molecule has 1 aromatic rings. The molecule has 338 valence electrons. The topological polar surface area (TPSA) is 97.3 Å². The third-order valence-electron chi connectivity index (χ3n) is 9.53. The van der Waals surface area contributed by atoms with Crippen LogP contribution in [0.2, 0.25) is 17.1 Å². The smallest absolute Gasteiger partial charge is 0.460 e. The second-order valence-electron chi connectivity index (χ2n) is 13.8. The van der Waals surface area contributed by atoms with Gasteiger partial charge in [-0.25, -0.2) is 5.48 Å². The SMILES string of the molecule is CO[C@@H](CC/C=C(\C)C(=O)NO)[C@@H](O)c1ccc(OCCO[Si](CCC(F)(F)C(F)(F)C(F)(F)C(F)(F)C(F)(F)C(F)(F)C(F)(F)C(F)(F)F)(C(C)C)C(C)C)cc1. The van der Waals surface area contributed by atoms with E-state index in [0.29, 0.717) is 5.56 Å². The van der Waals surface area contributed by atoms with Gasteiger partial charge in [0.25, 0.3) is 5.91 Å². The van der Waals surface area contributed by atoms with Crippen molar-refractivity contribution in [3.8, 4) is 5.75 Å². The number of ether oxygens (including phenoxy) is 2. The molecule has 0 bridgehead atoms. The van der Waals surface area contributed by atoms with Crippen molar-refractivity contribution in [1.82, 2.24) is 5.48 Å². The summed E-state index contributed by atoms with van der Waals surface area (Å²) in [7, 11) is -2.64. The number of benzene rings is 1. The second kappa shape index (κ2) is 18.8. The quantitative estimate of drug-likeness (QED) is 0.0253. The molecular formula is C33H42F17NO6Si. The summed E-state index contributed by atoms with van der Waals surface area (Å²) in [4.78, 5) is 11.4. The molecule has 0 aliphatic carbocycles. The fraction of sp³-hybridized carbons (Fsp3) is 0.727. The minimum atomic E-state index is -8.69. The van der Waals surface area contributed by atoms with Crippen LogP contribution in [0.4, 0.5) is 74.6 Å². The fourth-order valence-corrected chi connectivity index (χ4v) is 10.2. The number of amides is 1. The molecule has 0 aliphatic heterocycles. The Labute approximate surface area is 322 Å². The van der Waals surface area contributed by atoms with Gasteiger partial charge in [0.05, 0.1) is 12.7 Å². The molecule has 2 atom stereocenters. The first kappa shape index (κ1) is 53.1. The number of alkyl halides is 17. The minimum absolute atomic E-state index is 0.133. The van der Waals surface area contributed by atoms with Crippen LogP contribution >= 0.6 is 0 Å². The zero-order valence-corrected chi connectivity index (χ0v) is 32.4. The Morgan fingerprint density at radius 3 is 1.60 bits per heavy atom. The maximum absolute atomic E-state index is 14.9. The first-order valence-electron chi connectivity index (χ1n) is 16.9. The normalized spacial score (nSPS) is 15.9.